The SMILES string of the molecule is CNc1c(C#N)cnc2c(F)cc(F)cc12. The fourth-order valence-electron chi connectivity index (χ4n) is 1.58. The van der Waals surface area contributed by atoms with Crippen molar-refractivity contribution in [1.29, 1.82) is 5.26 Å². The van der Waals surface area contributed by atoms with E-state index in [-0.39, 0.29) is 16.5 Å². The first-order valence-electron chi connectivity index (χ1n) is 4.53. The van der Waals surface area contributed by atoms with E-state index in [4.69, 9.17) is 5.26 Å². The highest BCUT2D eigenvalue weighted by molar-refractivity contribution is 5.94. The average Bonchev–Trinajstić information content (AvgIpc) is 2.27. The standard InChI is InChI=1S/C11H7F2N3/c1-15-10-6(4-14)5-16-11-8(10)2-7(12)3-9(11)13/h2-3,5H,1H3,(H,15,16). The molecule has 80 valence electrons. The van der Waals surface area contributed by atoms with Crippen LogP contribution in [0.15, 0.2) is 18.3 Å². The molecule has 0 bridgehead atoms. The Labute approximate surface area is 90.3 Å². The van der Waals surface area contributed by atoms with Crippen LogP contribution in [0, 0.1) is 23.0 Å². The number of benzene rings is 1. The molecule has 0 aliphatic carbocycles. The average molecular weight is 219 g/mol. The number of nitrogens with one attached hydrogen (secondary N) is 1. The van der Waals surface area contributed by atoms with Crippen molar-refractivity contribution in [1.82, 2.24) is 4.98 Å². The molecule has 0 aliphatic heterocycles. The van der Waals surface area contributed by atoms with Crippen LogP contribution in [-0.4, -0.2) is 12.0 Å². The Morgan fingerprint density at radius 2 is 2.12 bits per heavy atom. The number of fused-ring (bicyclic) bond motifs is 1. The van der Waals surface area contributed by atoms with E-state index in [1.54, 1.807) is 7.05 Å². The van der Waals surface area contributed by atoms with Crippen LogP contribution in [0.25, 0.3) is 10.9 Å². The lowest BCUT2D eigenvalue weighted by Gasteiger charge is -2.07. The fourth-order valence-corrected chi connectivity index (χ4v) is 1.58. The molecule has 2 rings (SSSR count). The lowest BCUT2D eigenvalue weighted by atomic mass is 10.1. The number of halogens is 2. The van der Waals surface area contributed by atoms with E-state index in [1.165, 1.54) is 6.20 Å². The van der Waals surface area contributed by atoms with Gasteiger partial charge in [0.1, 0.15) is 17.4 Å². The van der Waals surface area contributed by atoms with Crippen LogP contribution in [0.1, 0.15) is 5.56 Å². The maximum Gasteiger partial charge on any atom is 0.152 e. The van der Waals surface area contributed by atoms with Crippen LogP contribution in [0.4, 0.5) is 14.5 Å². The van der Waals surface area contributed by atoms with E-state index in [9.17, 15) is 8.78 Å². The molecule has 0 aliphatic rings. The first-order chi connectivity index (χ1) is 7.67. The number of aromatic nitrogens is 1. The van der Waals surface area contributed by atoms with Crippen LogP contribution in [0.3, 0.4) is 0 Å². The normalized spacial score (nSPS) is 10.1. The molecule has 1 N–H and O–H groups in total. The molecule has 0 saturated carbocycles. The Balaban J connectivity index is 2.93. The molecule has 0 atom stereocenters. The monoisotopic (exact) mass is 219 g/mol. The molecule has 1 aromatic carbocycles. The third-order valence-corrected chi connectivity index (χ3v) is 2.26. The van der Waals surface area contributed by atoms with Crippen molar-refractivity contribution in [2.45, 2.75) is 0 Å². The van der Waals surface area contributed by atoms with E-state index < -0.39 is 11.6 Å². The van der Waals surface area contributed by atoms with Crippen molar-refractivity contribution in [2.75, 3.05) is 12.4 Å². The van der Waals surface area contributed by atoms with Crippen LogP contribution in [0.5, 0.6) is 0 Å². The third-order valence-electron chi connectivity index (χ3n) is 2.26. The predicted octanol–water partition coefficient (Wildman–Crippen LogP) is 2.43. The zero-order valence-corrected chi connectivity index (χ0v) is 8.38. The summed E-state index contributed by atoms with van der Waals surface area (Å²) >= 11 is 0. The summed E-state index contributed by atoms with van der Waals surface area (Å²) in [6.07, 6.45) is 1.26. The molecule has 1 aromatic heterocycles. The number of rotatable bonds is 1. The van der Waals surface area contributed by atoms with E-state index >= 15 is 0 Å². The molecule has 0 unspecified atom stereocenters. The Hall–Kier alpha value is -2.22. The van der Waals surface area contributed by atoms with E-state index in [0.29, 0.717) is 5.69 Å². The van der Waals surface area contributed by atoms with Gasteiger partial charge in [0.25, 0.3) is 0 Å². The molecule has 16 heavy (non-hydrogen) atoms. The summed E-state index contributed by atoms with van der Waals surface area (Å²) in [5.41, 5.74) is 0.677. The lowest BCUT2D eigenvalue weighted by Crippen LogP contribution is -1.97. The minimum atomic E-state index is -0.740. The Morgan fingerprint density at radius 1 is 1.38 bits per heavy atom. The van der Waals surface area contributed by atoms with Gasteiger partial charge in [-0.3, -0.25) is 4.98 Å². The second-order valence-electron chi connectivity index (χ2n) is 3.19. The summed E-state index contributed by atoms with van der Waals surface area (Å²) in [7, 11) is 1.58. The molecule has 0 saturated heterocycles. The van der Waals surface area contributed by atoms with Crippen molar-refractivity contribution in [3.8, 4) is 6.07 Å². The lowest BCUT2D eigenvalue weighted by molar-refractivity contribution is 0.590. The molecule has 0 fully saturated rings. The molecule has 3 nitrogen and oxygen atoms in total. The summed E-state index contributed by atoms with van der Waals surface area (Å²) < 4.78 is 26.5. The van der Waals surface area contributed by atoms with Gasteiger partial charge in [0, 0.05) is 24.7 Å². The smallest absolute Gasteiger partial charge is 0.152 e. The molecular weight excluding hydrogens is 212 g/mol. The van der Waals surface area contributed by atoms with Crippen molar-refractivity contribution >= 4 is 16.6 Å². The predicted molar refractivity (Wildman–Crippen MR) is 55.9 cm³/mol. The Kier molecular flexibility index (Phi) is 2.41. The fraction of sp³-hybridized carbons (Fsp3) is 0.0909. The van der Waals surface area contributed by atoms with Crippen molar-refractivity contribution in [2.24, 2.45) is 0 Å². The summed E-state index contributed by atoms with van der Waals surface area (Å²) in [5, 5.41) is 11.8. The van der Waals surface area contributed by atoms with Gasteiger partial charge in [-0.25, -0.2) is 8.78 Å². The van der Waals surface area contributed by atoms with E-state index in [2.05, 4.69) is 10.3 Å². The van der Waals surface area contributed by atoms with Gasteiger partial charge in [-0.15, -0.1) is 0 Å². The first-order valence-corrected chi connectivity index (χ1v) is 4.53. The molecule has 1 heterocycles. The number of hydrogen-bond acceptors (Lipinski definition) is 3. The van der Waals surface area contributed by atoms with Crippen LogP contribution in [-0.2, 0) is 0 Å². The molecule has 5 heteroatoms. The summed E-state index contributed by atoms with van der Waals surface area (Å²) in [5.74, 6) is -1.44. The van der Waals surface area contributed by atoms with Crippen LogP contribution in [0.2, 0.25) is 0 Å². The van der Waals surface area contributed by atoms with Gasteiger partial charge >= 0.3 is 0 Å². The van der Waals surface area contributed by atoms with E-state index in [0.717, 1.165) is 12.1 Å². The number of anilines is 1. The number of nitriles is 1. The van der Waals surface area contributed by atoms with Gasteiger partial charge in [-0.1, -0.05) is 0 Å². The number of nitrogens with zero attached hydrogens (tertiary/aromatic N) is 2. The molecule has 0 amide bonds. The maximum atomic E-state index is 13.4. The van der Waals surface area contributed by atoms with Gasteiger partial charge < -0.3 is 5.32 Å². The maximum absolute atomic E-state index is 13.4. The van der Waals surface area contributed by atoms with Gasteiger partial charge in [-0.05, 0) is 6.07 Å². The van der Waals surface area contributed by atoms with Gasteiger partial charge in [0.05, 0.1) is 11.3 Å². The highest BCUT2D eigenvalue weighted by atomic mass is 19.1. The van der Waals surface area contributed by atoms with Gasteiger partial charge in [0.15, 0.2) is 5.82 Å². The van der Waals surface area contributed by atoms with Crippen molar-refractivity contribution in [3.05, 3.63) is 35.5 Å². The van der Waals surface area contributed by atoms with Gasteiger partial charge in [0.2, 0.25) is 0 Å². The van der Waals surface area contributed by atoms with Crippen molar-refractivity contribution in [3.63, 3.8) is 0 Å². The number of hydrogen-bond donors (Lipinski definition) is 1. The van der Waals surface area contributed by atoms with Crippen LogP contribution >= 0.6 is 0 Å². The summed E-state index contributed by atoms with van der Waals surface area (Å²) in [6, 6.07) is 3.82. The molecule has 0 spiro atoms. The third kappa shape index (κ3) is 1.44. The molecular formula is C11H7F2N3. The largest absolute Gasteiger partial charge is 0.386 e. The zero-order valence-electron chi connectivity index (χ0n) is 8.38. The summed E-state index contributed by atoms with van der Waals surface area (Å²) in [4.78, 5) is 3.80. The second-order valence-corrected chi connectivity index (χ2v) is 3.19. The summed E-state index contributed by atoms with van der Waals surface area (Å²) in [6.45, 7) is 0. The highest BCUT2D eigenvalue weighted by Crippen LogP contribution is 2.27. The topological polar surface area (TPSA) is 48.7 Å². The zero-order chi connectivity index (χ0) is 11.7. The van der Waals surface area contributed by atoms with Gasteiger partial charge in [-0.2, -0.15) is 5.26 Å². The first kappa shape index (κ1) is 10.3. The molecule has 2 aromatic rings. The minimum Gasteiger partial charge on any atom is -0.386 e. The number of pyridine rings is 1. The van der Waals surface area contributed by atoms with Crippen LogP contribution < -0.4 is 5.32 Å². The molecule has 0 radical (unpaired) electrons. The van der Waals surface area contributed by atoms with E-state index in [1.807, 2.05) is 6.07 Å². The second kappa shape index (κ2) is 3.74. The Bertz CT molecular complexity index is 602. The Morgan fingerprint density at radius 3 is 2.75 bits per heavy atom. The quantitative estimate of drug-likeness (QED) is 0.801. The minimum absolute atomic E-state index is 0.0461. The highest BCUT2D eigenvalue weighted by Gasteiger charge is 2.12. The van der Waals surface area contributed by atoms with Crippen molar-refractivity contribution < 1.29 is 8.78 Å².